The van der Waals surface area contributed by atoms with Gasteiger partial charge in [0.05, 0.1) is 7.11 Å². The highest BCUT2D eigenvalue weighted by molar-refractivity contribution is 7.15. The van der Waals surface area contributed by atoms with Crippen molar-refractivity contribution < 1.29 is 23.0 Å². The Kier molecular flexibility index (Phi) is 6.81. The quantitative estimate of drug-likeness (QED) is 0.718. The van der Waals surface area contributed by atoms with Crippen molar-refractivity contribution in [1.82, 2.24) is 10.2 Å². The molecule has 2 aromatic rings. The molecule has 0 saturated carbocycles. The number of alkyl halides is 2. The number of benzene rings is 1. The van der Waals surface area contributed by atoms with Gasteiger partial charge in [0, 0.05) is 12.5 Å². The zero-order chi connectivity index (χ0) is 18.2. The first-order valence-electron chi connectivity index (χ1n) is 7.46. The summed E-state index contributed by atoms with van der Waals surface area (Å²) in [5, 5.41) is 11.8. The van der Waals surface area contributed by atoms with E-state index in [1.54, 1.807) is 0 Å². The summed E-state index contributed by atoms with van der Waals surface area (Å²) in [7, 11) is 1.34. The third-order valence-corrected chi connectivity index (χ3v) is 3.89. The average Bonchev–Trinajstić information content (AvgIpc) is 3.00. The summed E-state index contributed by atoms with van der Waals surface area (Å²) < 4.78 is 33.9. The number of amides is 1. The second kappa shape index (κ2) is 9.07. The molecule has 0 aliphatic heterocycles. The highest BCUT2D eigenvalue weighted by Gasteiger charge is 2.10. The minimum atomic E-state index is -2.94. The second-order valence-electron chi connectivity index (χ2n) is 4.86. The van der Waals surface area contributed by atoms with Crippen molar-refractivity contribution in [3.63, 3.8) is 0 Å². The van der Waals surface area contributed by atoms with Gasteiger partial charge >= 0.3 is 6.61 Å². The number of aromatic nitrogens is 2. The van der Waals surface area contributed by atoms with E-state index in [-0.39, 0.29) is 17.4 Å². The molecule has 0 atom stereocenters. The maximum absolute atomic E-state index is 12.3. The number of carbonyl (C=O) groups excluding carboxylic acids is 1. The fourth-order valence-electron chi connectivity index (χ4n) is 1.92. The minimum absolute atomic E-state index is 0.0728. The van der Waals surface area contributed by atoms with E-state index >= 15 is 0 Å². The predicted molar refractivity (Wildman–Crippen MR) is 91.2 cm³/mol. The lowest BCUT2D eigenvalue weighted by Crippen LogP contribution is -2.07. The summed E-state index contributed by atoms with van der Waals surface area (Å²) in [6, 6.07) is 4.38. The Bertz CT molecular complexity index is 750. The molecule has 0 unspecified atom stereocenters. The van der Waals surface area contributed by atoms with E-state index in [0.717, 1.165) is 17.8 Å². The molecule has 1 heterocycles. The molecule has 0 saturated heterocycles. The molecule has 2 rings (SSSR count). The van der Waals surface area contributed by atoms with Gasteiger partial charge in [0.15, 0.2) is 11.5 Å². The molecular weight excluding hydrogens is 352 g/mol. The van der Waals surface area contributed by atoms with Gasteiger partial charge in [-0.05, 0) is 30.2 Å². The van der Waals surface area contributed by atoms with Gasteiger partial charge in [0.2, 0.25) is 11.0 Å². The van der Waals surface area contributed by atoms with E-state index in [9.17, 15) is 13.6 Å². The standard InChI is InChI=1S/C16H17F2N3O3S/c1-3-4-14-20-21-16(25-14)19-13(22)8-6-10-5-7-11(24-15(17)18)12(9-10)23-2/h5-9,15H,3-4H2,1-2H3,(H,19,21,22)/b8-6+. The van der Waals surface area contributed by atoms with E-state index in [0.29, 0.717) is 10.7 Å². The van der Waals surface area contributed by atoms with Crippen molar-refractivity contribution in [2.75, 3.05) is 12.4 Å². The molecule has 1 aromatic carbocycles. The number of halogens is 2. The number of methoxy groups -OCH3 is 1. The SMILES string of the molecule is CCCc1nnc(NC(=O)/C=C/c2ccc(OC(F)F)c(OC)c2)s1. The fraction of sp³-hybridized carbons (Fsp3) is 0.312. The van der Waals surface area contributed by atoms with Crippen LogP contribution in [0.4, 0.5) is 13.9 Å². The highest BCUT2D eigenvalue weighted by atomic mass is 32.1. The normalized spacial score (nSPS) is 11.1. The molecule has 1 aromatic heterocycles. The maximum Gasteiger partial charge on any atom is 0.387 e. The van der Waals surface area contributed by atoms with Crippen LogP contribution in [0, 0.1) is 0 Å². The monoisotopic (exact) mass is 369 g/mol. The van der Waals surface area contributed by atoms with Crippen LogP contribution < -0.4 is 14.8 Å². The average molecular weight is 369 g/mol. The Morgan fingerprint density at radius 2 is 2.16 bits per heavy atom. The molecule has 0 fully saturated rings. The van der Waals surface area contributed by atoms with Crippen LogP contribution in [-0.4, -0.2) is 29.8 Å². The summed E-state index contributed by atoms with van der Waals surface area (Å²) in [6.45, 7) is -0.903. The predicted octanol–water partition coefficient (Wildman–Crippen LogP) is 3.75. The van der Waals surface area contributed by atoms with Crippen LogP contribution >= 0.6 is 11.3 Å². The van der Waals surface area contributed by atoms with Gasteiger partial charge in [0.25, 0.3) is 0 Å². The number of anilines is 1. The molecule has 25 heavy (non-hydrogen) atoms. The summed E-state index contributed by atoms with van der Waals surface area (Å²) in [5.41, 5.74) is 0.595. The first-order valence-corrected chi connectivity index (χ1v) is 8.27. The molecule has 134 valence electrons. The van der Waals surface area contributed by atoms with E-state index in [1.807, 2.05) is 6.92 Å². The van der Waals surface area contributed by atoms with Crippen molar-refractivity contribution in [3.8, 4) is 11.5 Å². The maximum atomic E-state index is 12.3. The smallest absolute Gasteiger partial charge is 0.387 e. The number of carbonyl (C=O) groups is 1. The largest absolute Gasteiger partial charge is 0.493 e. The zero-order valence-corrected chi connectivity index (χ0v) is 14.5. The van der Waals surface area contributed by atoms with Crippen molar-refractivity contribution in [1.29, 1.82) is 0 Å². The summed E-state index contributed by atoms with van der Waals surface area (Å²) in [4.78, 5) is 11.9. The van der Waals surface area contributed by atoms with Crippen LogP contribution in [0.15, 0.2) is 24.3 Å². The van der Waals surface area contributed by atoms with Gasteiger partial charge in [-0.25, -0.2) is 0 Å². The number of hydrogen-bond acceptors (Lipinski definition) is 6. The van der Waals surface area contributed by atoms with Gasteiger partial charge in [-0.2, -0.15) is 8.78 Å². The Morgan fingerprint density at radius 3 is 2.84 bits per heavy atom. The van der Waals surface area contributed by atoms with Crippen molar-refractivity contribution in [2.45, 2.75) is 26.4 Å². The summed E-state index contributed by atoms with van der Waals surface area (Å²) >= 11 is 1.33. The number of nitrogens with one attached hydrogen (secondary N) is 1. The van der Waals surface area contributed by atoms with E-state index < -0.39 is 6.61 Å². The molecule has 0 aliphatic rings. The van der Waals surface area contributed by atoms with Gasteiger partial charge in [0.1, 0.15) is 5.01 Å². The number of ether oxygens (including phenoxy) is 2. The first kappa shape index (κ1) is 18.8. The molecule has 1 amide bonds. The Morgan fingerprint density at radius 1 is 1.36 bits per heavy atom. The van der Waals surface area contributed by atoms with Crippen molar-refractivity contribution >= 4 is 28.5 Å². The van der Waals surface area contributed by atoms with Crippen LogP contribution in [0.1, 0.15) is 23.9 Å². The summed E-state index contributed by atoms with van der Waals surface area (Å²) in [5.74, 6) is -0.293. The van der Waals surface area contributed by atoms with E-state index in [2.05, 4.69) is 20.3 Å². The van der Waals surface area contributed by atoms with Gasteiger partial charge in [-0.3, -0.25) is 10.1 Å². The third kappa shape index (κ3) is 5.79. The van der Waals surface area contributed by atoms with Crippen LogP contribution in [-0.2, 0) is 11.2 Å². The molecule has 9 heteroatoms. The van der Waals surface area contributed by atoms with Gasteiger partial charge in [-0.1, -0.05) is 24.3 Å². The van der Waals surface area contributed by atoms with Crippen molar-refractivity contribution in [3.05, 3.63) is 34.8 Å². The zero-order valence-electron chi connectivity index (χ0n) is 13.7. The van der Waals surface area contributed by atoms with Crippen molar-refractivity contribution in [2.24, 2.45) is 0 Å². The van der Waals surface area contributed by atoms with E-state index in [1.165, 1.54) is 48.8 Å². The van der Waals surface area contributed by atoms with Crippen LogP contribution in [0.5, 0.6) is 11.5 Å². The second-order valence-corrected chi connectivity index (χ2v) is 5.92. The van der Waals surface area contributed by atoms with Crippen LogP contribution in [0.3, 0.4) is 0 Å². The molecular formula is C16H17F2N3O3S. The summed E-state index contributed by atoms with van der Waals surface area (Å²) in [6.07, 6.45) is 4.60. The third-order valence-electron chi connectivity index (χ3n) is 2.99. The molecule has 0 spiro atoms. The molecule has 1 N–H and O–H groups in total. The van der Waals surface area contributed by atoms with Gasteiger partial charge < -0.3 is 9.47 Å². The lowest BCUT2D eigenvalue weighted by Gasteiger charge is -2.10. The van der Waals surface area contributed by atoms with Crippen LogP contribution in [0.2, 0.25) is 0 Å². The Labute approximate surface area is 147 Å². The first-order chi connectivity index (χ1) is 12.0. The van der Waals surface area contributed by atoms with E-state index in [4.69, 9.17) is 4.74 Å². The van der Waals surface area contributed by atoms with Crippen LogP contribution in [0.25, 0.3) is 6.08 Å². The number of rotatable bonds is 8. The Balaban J connectivity index is 2.01. The number of hydrogen-bond donors (Lipinski definition) is 1. The lowest BCUT2D eigenvalue weighted by molar-refractivity contribution is -0.111. The molecule has 0 bridgehead atoms. The molecule has 6 nitrogen and oxygen atoms in total. The Hall–Kier alpha value is -2.55. The number of nitrogens with zero attached hydrogens (tertiary/aromatic N) is 2. The van der Waals surface area contributed by atoms with Gasteiger partial charge in [-0.15, -0.1) is 10.2 Å². The highest BCUT2D eigenvalue weighted by Crippen LogP contribution is 2.29. The number of aryl methyl sites for hydroxylation is 1. The minimum Gasteiger partial charge on any atom is -0.493 e. The molecule has 0 aliphatic carbocycles. The topological polar surface area (TPSA) is 73.3 Å². The molecule has 0 radical (unpaired) electrons. The lowest BCUT2D eigenvalue weighted by atomic mass is 10.2. The fourth-order valence-corrected chi connectivity index (χ4v) is 2.76.